The lowest BCUT2D eigenvalue weighted by Crippen LogP contribution is -2.50. The molecule has 0 aliphatic carbocycles. The van der Waals surface area contributed by atoms with Crippen LogP contribution in [0.3, 0.4) is 0 Å². The molecule has 2 heterocycles. The number of fused-ring (bicyclic) bond motifs is 1. The first-order valence-corrected chi connectivity index (χ1v) is 8.51. The van der Waals surface area contributed by atoms with E-state index in [1.807, 2.05) is 23.9 Å². The van der Waals surface area contributed by atoms with Gasteiger partial charge in [0, 0.05) is 39.1 Å². The Balaban J connectivity index is 1.43. The van der Waals surface area contributed by atoms with Crippen molar-refractivity contribution < 1.29 is 9.53 Å². The van der Waals surface area contributed by atoms with E-state index in [4.69, 9.17) is 4.74 Å². The maximum Gasteiger partial charge on any atom is 0.236 e. The molecule has 0 saturated carbocycles. The van der Waals surface area contributed by atoms with Crippen molar-refractivity contribution in [3.63, 3.8) is 0 Å². The highest BCUT2D eigenvalue weighted by atomic mass is 16.5. The molecule has 1 aromatic carbocycles. The Labute approximate surface area is 138 Å². The molecule has 5 heteroatoms. The van der Waals surface area contributed by atoms with Gasteiger partial charge in [-0.15, -0.1) is 0 Å². The number of carbonyl (C=O) groups excluding carboxylic acids is 1. The number of amides is 1. The van der Waals surface area contributed by atoms with Gasteiger partial charge >= 0.3 is 0 Å². The number of hydrogen-bond acceptors (Lipinski definition) is 4. The fraction of sp³-hybridized carbons (Fsp3) is 0.611. The molecule has 1 amide bonds. The molecule has 3 rings (SSSR count). The van der Waals surface area contributed by atoms with Gasteiger partial charge in [0.25, 0.3) is 0 Å². The van der Waals surface area contributed by atoms with Crippen LogP contribution in [0.2, 0.25) is 0 Å². The molecule has 126 valence electrons. The largest absolute Gasteiger partial charge is 0.493 e. The molecular formula is C18H27N3O2. The second kappa shape index (κ2) is 7.32. The Morgan fingerprint density at radius 3 is 2.74 bits per heavy atom. The zero-order valence-corrected chi connectivity index (χ0v) is 14.3. The molecule has 1 fully saturated rings. The lowest BCUT2D eigenvalue weighted by atomic mass is 10.1. The minimum atomic E-state index is 0.244. The van der Waals surface area contributed by atoms with Crippen molar-refractivity contribution in [3.05, 3.63) is 29.3 Å². The summed E-state index contributed by atoms with van der Waals surface area (Å²) in [6, 6.07) is 6.58. The first-order valence-electron chi connectivity index (χ1n) is 8.51. The number of carbonyl (C=O) groups is 1. The summed E-state index contributed by atoms with van der Waals surface area (Å²) in [5.41, 5.74) is 2.74. The van der Waals surface area contributed by atoms with Crippen LogP contribution in [0, 0.1) is 0 Å². The highest BCUT2D eigenvalue weighted by Gasteiger charge is 2.21. The van der Waals surface area contributed by atoms with Gasteiger partial charge in [0.2, 0.25) is 5.91 Å². The molecule has 0 bridgehead atoms. The Hall–Kier alpha value is -1.59. The zero-order valence-electron chi connectivity index (χ0n) is 14.3. The van der Waals surface area contributed by atoms with E-state index in [-0.39, 0.29) is 5.91 Å². The first kappa shape index (κ1) is 16.3. The van der Waals surface area contributed by atoms with Crippen molar-refractivity contribution in [3.8, 4) is 5.75 Å². The summed E-state index contributed by atoms with van der Waals surface area (Å²) in [5, 5.41) is 0. The van der Waals surface area contributed by atoms with Crippen LogP contribution in [0.15, 0.2) is 18.2 Å². The van der Waals surface area contributed by atoms with E-state index >= 15 is 0 Å². The molecule has 1 aromatic rings. The van der Waals surface area contributed by atoms with Gasteiger partial charge < -0.3 is 14.5 Å². The molecule has 0 aromatic heterocycles. The lowest BCUT2D eigenvalue weighted by Gasteiger charge is -2.35. The summed E-state index contributed by atoms with van der Waals surface area (Å²) in [6.45, 7) is 6.06. The van der Waals surface area contributed by atoms with Gasteiger partial charge in [-0.1, -0.05) is 12.1 Å². The predicted octanol–water partition coefficient (Wildman–Crippen LogP) is 0.870. The monoisotopic (exact) mass is 317 g/mol. The lowest BCUT2D eigenvalue weighted by molar-refractivity contribution is -0.133. The van der Waals surface area contributed by atoms with Gasteiger partial charge in [0.15, 0.2) is 0 Å². The van der Waals surface area contributed by atoms with Crippen LogP contribution >= 0.6 is 0 Å². The Morgan fingerprint density at radius 1 is 1.22 bits per heavy atom. The first-order chi connectivity index (χ1) is 11.1. The number of hydrogen-bond donors (Lipinski definition) is 0. The van der Waals surface area contributed by atoms with Crippen LogP contribution in [0.25, 0.3) is 0 Å². The number of benzene rings is 1. The molecule has 2 aliphatic rings. The molecule has 0 N–H and O–H groups in total. The second-order valence-electron chi connectivity index (χ2n) is 6.75. The van der Waals surface area contributed by atoms with Gasteiger partial charge in [-0.25, -0.2) is 0 Å². The van der Waals surface area contributed by atoms with Crippen LogP contribution < -0.4 is 4.74 Å². The molecule has 0 radical (unpaired) electrons. The molecule has 23 heavy (non-hydrogen) atoms. The molecule has 5 nitrogen and oxygen atoms in total. The summed E-state index contributed by atoms with van der Waals surface area (Å²) in [6.07, 6.45) is 2.11. The van der Waals surface area contributed by atoms with E-state index in [0.29, 0.717) is 6.54 Å². The van der Waals surface area contributed by atoms with Gasteiger partial charge in [-0.2, -0.15) is 0 Å². The Morgan fingerprint density at radius 2 is 2.00 bits per heavy atom. The molecule has 0 spiro atoms. The van der Waals surface area contributed by atoms with Gasteiger partial charge in [0.1, 0.15) is 5.75 Å². The Bertz CT molecular complexity index is 551. The number of ether oxygens (including phenoxy) is 1. The number of nitrogens with zero attached hydrogens (tertiary/aromatic N) is 3. The van der Waals surface area contributed by atoms with Crippen LogP contribution in [-0.2, 0) is 17.6 Å². The van der Waals surface area contributed by atoms with Gasteiger partial charge in [-0.05, 0) is 37.7 Å². The molecular weight excluding hydrogens is 290 g/mol. The summed E-state index contributed by atoms with van der Waals surface area (Å²) in [7, 11) is 3.88. The summed E-state index contributed by atoms with van der Waals surface area (Å²) >= 11 is 0. The van der Waals surface area contributed by atoms with E-state index in [9.17, 15) is 4.79 Å². The predicted molar refractivity (Wildman–Crippen MR) is 90.9 cm³/mol. The third kappa shape index (κ3) is 4.24. The average molecular weight is 317 g/mol. The SMILES string of the molecule is CN(C)CC(=O)N1CCN(CCc2ccc3c(c2)CCO3)CC1. The minimum absolute atomic E-state index is 0.244. The van der Waals surface area contributed by atoms with Crippen LogP contribution in [0.1, 0.15) is 11.1 Å². The minimum Gasteiger partial charge on any atom is -0.493 e. The van der Waals surface area contributed by atoms with E-state index < -0.39 is 0 Å². The van der Waals surface area contributed by atoms with E-state index in [1.165, 1.54) is 11.1 Å². The van der Waals surface area contributed by atoms with Crippen molar-refractivity contribution in [1.82, 2.24) is 14.7 Å². The van der Waals surface area contributed by atoms with E-state index in [2.05, 4.69) is 23.1 Å². The van der Waals surface area contributed by atoms with Crippen molar-refractivity contribution in [1.29, 1.82) is 0 Å². The molecule has 2 aliphatic heterocycles. The summed E-state index contributed by atoms with van der Waals surface area (Å²) < 4.78 is 5.56. The smallest absolute Gasteiger partial charge is 0.236 e. The van der Waals surface area contributed by atoms with Crippen LogP contribution in [-0.4, -0.2) is 80.6 Å². The average Bonchev–Trinajstić information content (AvgIpc) is 3.00. The quantitative estimate of drug-likeness (QED) is 0.807. The standard InChI is InChI=1S/C18H27N3O2/c1-19(2)14-18(22)21-10-8-20(9-11-21)7-5-15-3-4-17-16(13-15)6-12-23-17/h3-4,13H,5-12,14H2,1-2H3. The van der Waals surface area contributed by atoms with Gasteiger partial charge in [0.05, 0.1) is 13.2 Å². The number of rotatable bonds is 5. The highest BCUT2D eigenvalue weighted by Crippen LogP contribution is 2.26. The van der Waals surface area contributed by atoms with Gasteiger partial charge in [-0.3, -0.25) is 9.69 Å². The van der Waals surface area contributed by atoms with E-state index in [0.717, 1.165) is 57.9 Å². The topological polar surface area (TPSA) is 36.0 Å². The maximum absolute atomic E-state index is 12.1. The third-order valence-electron chi connectivity index (χ3n) is 4.65. The molecule has 1 saturated heterocycles. The maximum atomic E-state index is 12.1. The van der Waals surface area contributed by atoms with E-state index in [1.54, 1.807) is 0 Å². The molecule has 0 atom stereocenters. The zero-order chi connectivity index (χ0) is 16.2. The van der Waals surface area contributed by atoms with Crippen LogP contribution in [0.4, 0.5) is 0 Å². The molecule has 0 unspecified atom stereocenters. The summed E-state index contributed by atoms with van der Waals surface area (Å²) in [5.74, 6) is 1.30. The van der Waals surface area contributed by atoms with Crippen molar-refractivity contribution in [2.75, 3.05) is 60.0 Å². The number of likely N-dealkylation sites (N-methyl/N-ethyl adjacent to an activating group) is 1. The third-order valence-corrected chi connectivity index (χ3v) is 4.65. The Kier molecular flexibility index (Phi) is 5.18. The number of piperazine rings is 1. The highest BCUT2D eigenvalue weighted by molar-refractivity contribution is 5.78. The van der Waals surface area contributed by atoms with Crippen molar-refractivity contribution in [2.24, 2.45) is 0 Å². The second-order valence-corrected chi connectivity index (χ2v) is 6.75. The van der Waals surface area contributed by atoms with Crippen molar-refractivity contribution >= 4 is 5.91 Å². The van der Waals surface area contributed by atoms with Crippen molar-refractivity contribution in [2.45, 2.75) is 12.8 Å². The fourth-order valence-electron chi connectivity index (χ4n) is 3.27. The summed E-state index contributed by atoms with van der Waals surface area (Å²) in [4.78, 5) is 18.4. The van der Waals surface area contributed by atoms with Crippen LogP contribution in [0.5, 0.6) is 5.75 Å². The normalized spacial score (nSPS) is 18.1. The fourth-order valence-corrected chi connectivity index (χ4v) is 3.27.